The maximum Gasteiger partial charge on any atom is -0.0187 e. The molecule has 0 fully saturated rings. The number of hydrogen-bond acceptors (Lipinski definition) is 0. The Hall–Kier alpha value is 0.900. The molecule has 0 radical (unpaired) electrons. The van der Waals surface area contributed by atoms with E-state index in [4.69, 9.17) is 0 Å². The molecule has 0 aliphatic rings. The Balaban J connectivity index is 2.81. The van der Waals surface area contributed by atoms with Crippen molar-refractivity contribution in [1.29, 1.82) is 0 Å². The van der Waals surface area contributed by atoms with Gasteiger partial charge in [0.05, 0.1) is 0 Å². The molecular weight excluding hydrogens is 105 g/mol. The monoisotopic (exact) mass is 110 g/mol. The van der Waals surface area contributed by atoms with Crippen LogP contribution in [0.3, 0.4) is 0 Å². The second-order valence-corrected chi connectivity index (χ2v) is 13.1. The van der Waals surface area contributed by atoms with Crippen LogP contribution in [-0.4, -0.2) is 0 Å². The van der Waals surface area contributed by atoms with E-state index in [0.717, 1.165) is 0 Å². The summed E-state index contributed by atoms with van der Waals surface area (Å²) in [4.78, 5) is 0. The molecule has 0 spiro atoms. The molecule has 1 aromatic rings. The van der Waals surface area contributed by atoms with Crippen LogP contribution in [0, 0.1) is 0 Å². The quantitative estimate of drug-likeness (QED) is 0.480. The van der Waals surface area contributed by atoms with Crippen molar-refractivity contribution in [3.05, 3.63) is 0 Å². The fourth-order valence-corrected chi connectivity index (χ4v) is 4.05. The first-order valence-electron chi connectivity index (χ1n) is 1.14. The summed E-state index contributed by atoms with van der Waals surface area (Å²) in [6.07, 6.45) is 0. The van der Waals surface area contributed by atoms with Crippen LogP contribution in [0.25, 0.3) is 0 Å². The first kappa shape index (κ1) is 3.10. The minimum Gasteiger partial charge on any atom is -0.0942 e. The summed E-state index contributed by atoms with van der Waals surface area (Å²) < 4.78 is 0. The molecule has 0 N–H and O–H groups in total. The zero-order valence-electron chi connectivity index (χ0n) is 2.45. The molecule has 1 aromatic heterocycles. The Morgan fingerprint density at radius 2 is 1.75 bits per heavy atom. The van der Waals surface area contributed by atoms with Gasteiger partial charge in [0, 0.05) is 0 Å². The predicted octanol–water partition coefficient (Wildman–Crippen LogP) is 2.27. The highest BCUT2D eigenvalue weighted by Gasteiger charge is 1.76. The molecular formula is CH5P3. The summed E-state index contributed by atoms with van der Waals surface area (Å²) in [5.41, 5.74) is 0. The largest absolute Gasteiger partial charge is 0.0942 e. The van der Waals surface area contributed by atoms with Gasteiger partial charge in [-0.2, -0.15) is 0 Å². The summed E-state index contributed by atoms with van der Waals surface area (Å²) in [6.45, 7) is 3.05. The van der Waals surface area contributed by atoms with Gasteiger partial charge in [-0.15, -0.1) is 0 Å². The van der Waals surface area contributed by atoms with Gasteiger partial charge in [0.25, 0.3) is 0 Å². The average molecular weight is 110 g/mol. The minimum absolute atomic E-state index is 0.685. The van der Waals surface area contributed by atoms with Crippen LogP contribution in [-0.2, 0) is 6.66 Å². The Bertz CT molecular complexity index is 61.8. The molecule has 1 heterocycles. The van der Waals surface area contributed by atoms with Crippen molar-refractivity contribution in [2.45, 2.75) is 0 Å². The van der Waals surface area contributed by atoms with Gasteiger partial charge >= 0.3 is 0 Å². The van der Waals surface area contributed by atoms with Crippen molar-refractivity contribution in [3.8, 4) is 0 Å². The van der Waals surface area contributed by atoms with Crippen LogP contribution in [0.2, 0.25) is 0 Å². The highest BCUT2D eigenvalue weighted by Crippen LogP contribution is 2.63. The van der Waals surface area contributed by atoms with Gasteiger partial charge in [-0.3, -0.25) is 0 Å². The van der Waals surface area contributed by atoms with Crippen LogP contribution >= 0.6 is 22.0 Å². The standard InChI is InChI=1S/CH5P3/c1-4-2-3-4/h2-3H,1H3. The maximum atomic E-state index is 2.37. The third kappa shape index (κ3) is 0.688. The molecule has 0 aliphatic heterocycles. The molecule has 0 aromatic carbocycles. The second-order valence-electron chi connectivity index (χ2n) is 0.783. The van der Waals surface area contributed by atoms with E-state index in [2.05, 4.69) is 6.66 Å². The first-order valence-corrected chi connectivity index (χ1v) is 7.62. The Kier molecular flexibility index (Phi) is 0.731. The third-order valence-corrected chi connectivity index (χ3v) is 9.06. The number of aryl methyl sites for hydroxylation is 1. The summed E-state index contributed by atoms with van der Waals surface area (Å²) in [7, 11) is 2.80. The molecule has 0 amide bonds. The van der Waals surface area contributed by atoms with Gasteiger partial charge in [0.2, 0.25) is 0 Å². The fraction of sp³-hybridized carbons (Fsp3) is 1.00. The van der Waals surface area contributed by atoms with Crippen molar-refractivity contribution in [2.75, 3.05) is 0 Å². The van der Waals surface area contributed by atoms with Gasteiger partial charge in [0.1, 0.15) is 0 Å². The van der Waals surface area contributed by atoms with Crippen LogP contribution in [0.15, 0.2) is 0 Å². The molecule has 0 aliphatic carbocycles. The zero-order valence-corrected chi connectivity index (χ0v) is 5.34. The normalized spacial score (nSPS) is 17.8. The lowest BCUT2D eigenvalue weighted by molar-refractivity contribution is 2.19. The first-order chi connectivity index (χ1) is 1.89. The van der Waals surface area contributed by atoms with Crippen molar-refractivity contribution < 1.29 is 0 Å². The molecule has 0 bridgehead atoms. The fourth-order valence-electron chi connectivity index (χ4n) is 0.0500. The number of hydrogen-bond donors (Lipinski definition) is 0. The van der Waals surface area contributed by atoms with Gasteiger partial charge < -0.3 is 0 Å². The average Bonchev–Trinajstić information content (AvgIpc) is 1.75. The molecule has 4 heavy (non-hydrogen) atoms. The summed E-state index contributed by atoms with van der Waals surface area (Å²) in [5, 5.41) is 0. The molecule has 2 unspecified atom stereocenters. The smallest absolute Gasteiger partial charge is 0.0187 e. The topological polar surface area (TPSA) is 0 Å². The molecule has 2 atom stereocenters. The maximum absolute atomic E-state index is 2.37. The van der Waals surface area contributed by atoms with Crippen molar-refractivity contribution in [2.24, 2.45) is 6.66 Å². The lowest BCUT2D eigenvalue weighted by Crippen LogP contribution is -0.927. The van der Waals surface area contributed by atoms with Crippen LogP contribution in [0.1, 0.15) is 0 Å². The highest BCUT2D eigenvalue weighted by molar-refractivity contribution is 8.61. The van der Waals surface area contributed by atoms with E-state index in [1.165, 1.54) is 15.1 Å². The van der Waals surface area contributed by atoms with Gasteiger partial charge in [0.15, 0.2) is 0 Å². The van der Waals surface area contributed by atoms with E-state index in [-0.39, 0.29) is 0 Å². The lowest BCUT2D eigenvalue weighted by atomic mass is 12.0. The van der Waals surface area contributed by atoms with Crippen molar-refractivity contribution in [1.82, 2.24) is 0 Å². The van der Waals surface area contributed by atoms with E-state index in [9.17, 15) is 0 Å². The van der Waals surface area contributed by atoms with E-state index >= 15 is 0 Å². The predicted molar refractivity (Wildman–Crippen MR) is 29.1 cm³/mol. The molecule has 3 heteroatoms. The van der Waals surface area contributed by atoms with Gasteiger partial charge in [-0.25, -0.2) is 0 Å². The van der Waals surface area contributed by atoms with Crippen molar-refractivity contribution in [3.63, 3.8) is 0 Å². The Morgan fingerprint density at radius 1 is 1.50 bits per heavy atom. The van der Waals surface area contributed by atoms with E-state index in [1.807, 2.05) is 0 Å². The summed E-state index contributed by atoms with van der Waals surface area (Å²) >= 11 is 0. The highest BCUT2D eigenvalue weighted by atomic mass is 32.6. The van der Waals surface area contributed by atoms with E-state index < -0.39 is 0 Å². The molecule has 1 rings (SSSR count). The molecule has 24 valence electrons. The molecule has 0 saturated carbocycles. The van der Waals surface area contributed by atoms with Gasteiger partial charge in [-0.1, -0.05) is 22.0 Å². The minimum atomic E-state index is 0.685. The lowest BCUT2D eigenvalue weighted by Gasteiger charge is -1.42. The van der Waals surface area contributed by atoms with Gasteiger partial charge in [-0.05, 0) is 6.66 Å². The molecule has 0 nitrogen and oxygen atoms in total. The molecule has 0 saturated heterocycles. The summed E-state index contributed by atoms with van der Waals surface area (Å²) in [6, 6.07) is 0. The summed E-state index contributed by atoms with van der Waals surface area (Å²) in [5.74, 6) is 0. The Labute approximate surface area is 29.5 Å². The van der Waals surface area contributed by atoms with Crippen molar-refractivity contribution >= 4 is 22.0 Å². The van der Waals surface area contributed by atoms with Crippen LogP contribution in [0.4, 0.5) is 0 Å². The Morgan fingerprint density at radius 3 is 1.75 bits per heavy atom. The van der Waals surface area contributed by atoms with E-state index in [1.54, 1.807) is 0 Å². The van der Waals surface area contributed by atoms with E-state index in [0.29, 0.717) is 6.89 Å². The van der Waals surface area contributed by atoms with Crippen LogP contribution < -0.4 is 0 Å². The SMILES string of the molecule is Cp1[pH][pH]1. The number of rotatable bonds is 0. The zero-order chi connectivity index (χ0) is 2.99. The third-order valence-electron chi connectivity index (χ3n) is 0.335. The second kappa shape index (κ2) is 0.942. The van der Waals surface area contributed by atoms with Crippen LogP contribution in [0.5, 0.6) is 0 Å².